The summed E-state index contributed by atoms with van der Waals surface area (Å²) in [6.07, 6.45) is 0. The van der Waals surface area contributed by atoms with Gasteiger partial charge in [0.25, 0.3) is 0 Å². The summed E-state index contributed by atoms with van der Waals surface area (Å²) in [6.45, 7) is 0.845. The van der Waals surface area contributed by atoms with Crippen molar-refractivity contribution in [1.29, 1.82) is 0 Å². The topological polar surface area (TPSA) is 21.3 Å². The van der Waals surface area contributed by atoms with Crippen LogP contribution in [0.25, 0.3) is 11.1 Å². The maximum atomic E-state index is 6.26. The Balaban J connectivity index is 2.38. The Kier molecular flexibility index (Phi) is 4.70. The molecule has 2 aromatic carbocycles. The summed E-state index contributed by atoms with van der Waals surface area (Å²) in [5.41, 5.74) is 3.17. The van der Waals surface area contributed by atoms with E-state index in [0.29, 0.717) is 15.8 Å². The molecule has 0 aromatic heterocycles. The largest absolute Gasteiger partial charge is 0.495 e. The quantitative estimate of drug-likeness (QED) is 0.903. The van der Waals surface area contributed by atoms with E-state index in [0.717, 1.165) is 17.7 Å². The average Bonchev–Trinajstić information content (AvgIpc) is 2.42. The summed E-state index contributed by atoms with van der Waals surface area (Å²) in [5.74, 6) is 0.585. The van der Waals surface area contributed by atoms with E-state index >= 15 is 0 Å². The molecule has 1 N–H and O–H groups in total. The molecule has 0 radical (unpaired) electrons. The molecule has 0 fully saturated rings. The Morgan fingerprint density at radius 2 is 1.74 bits per heavy atom. The van der Waals surface area contributed by atoms with Crippen LogP contribution in [0.4, 0.5) is 0 Å². The van der Waals surface area contributed by atoms with E-state index in [-0.39, 0.29) is 0 Å². The van der Waals surface area contributed by atoms with E-state index < -0.39 is 0 Å². The van der Waals surface area contributed by atoms with Crippen molar-refractivity contribution >= 4 is 23.2 Å². The van der Waals surface area contributed by atoms with Gasteiger partial charge in [0.05, 0.1) is 17.2 Å². The van der Waals surface area contributed by atoms with E-state index in [1.54, 1.807) is 13.2 Å². The first-order valence-corrected chi connectivity index (χ1v) is 6.68. The summed E-state index contributed by atoms with van der Waals surface area (Å²) in [6, 6.07) is 11.8. The first-order chi connectivity index (χ1) is 9.15. The molecule has 0 saturated heterocycles. The Morgan fingerprint density at radius 1 is 1.05 bits per heavy atom. The highest BCUT2D eigenvalue weighted by Gasteiger charge is 2.09. The highest BCUT2D eigenvalue weighted by atomic mass is 35.5. The van der Waals surface area contributed by atoms with E-state index in [1.165, 1.54) is 5.56 Å². The number of benzene rings is 2. The van der Waals surface area contributed by atoms with Crippen LogP contribution in [0.5, 0.6) is 5.75 Å². The van der Waals surface area contributed by atoms with Crippen molar-refractivity contribution < 1.29 is 4.74 Å². The lowest BCUT2D eigenvalue weighted by atomic mass is 10.0. The third-order valence-corrected chi connectivity index (χ3v) is 3.50. The number of hydrogen-bond acceptors (Lipinski definition) is 2. The highest BCUT2D eigenvalue weighted by molar-refractivity contribution is 6.36. The highest BCUT2D eigenvalue weighted by Crippen LogP contribution is 2.36. The zero-order valence-electron chi connectivity index (χ0n) is 10.8. The summed E-state index contributed by atoms with van der Waals surface area (Å²) < 4.78 is 5.14. The lowest BCUT2D eigenvalue weighted by Crippen LogP contribution is -2.04. The van der Waals surface area contributed by atoms with Gasteiger partial charge in [-0.3, -0.25) is 0 Å². The minimum atomic E-state index is 0.557. The molecule has 0 bridgehead atoms. The van der Waals surface area contributed by atoms with Gasteiger partial charge in [-0.05, 0) is 24.2 Å². The first kappa shape index (κ1) is 14.2. The summed E-state index contributed by atoms with van der Waals surface area (Å²) in [7, 11) is 3.50. The van der Waals surface area contributed by atoms with Crippen LogP contribution in [0, 0.1) is 0 Å². The van der Waals surface area contributed by atoms with Crippen LogP contribution < -0.4 is 10.1 Å². The molecule has 0 aliphatic carbocycles. The molecule has 0 saturated carbocycles. The number of nitrogens with one attached hydrogen (secondary N) is 1. The Hall–Kier alpha value is -1.22. The van der Waals surface area contributed by atoms with Crippen LogP contribution in [-0.4, -0.2) is 14.2 Å². The lowest BCUT2D eigenvalue weighted by molar-refractivity contribution is 0.415. The fraction of sp³-hybridized carbons (Fsp3) is 0.200. The van der Waals surface area contributed by atoms with Gasteiger partial charge in [0.15, 0.2) is 0 Å². The van der Waals surface area contributed by atoms with Gasteiger partial charge in [0.2, 0.25) is 0 Å². The second-order valence-corrected chi connectivity index (χ2v) is 5.01. The van der Waals surface area contributed by atoms with Crippen LogP contribution >= 0.6 is 23.2 Å². The Morgan fingerprint density at radius 3 is 2.32 bits per heavy atom. The van der Waals surface area contributed by atoms with Crippen molar-refractivity contribution in [2.75, 3.05) is 14.2 Å². The molecule has 2 nitrogen and oxygen atoms in total. The van der Waals surface area contributed by atoms with Gasteiger partial charge < -0.3 is 10.1 Å². The average molecular weight is 296 g/mol. The molecule has 2 aromatic rings. The predicted octanol–water partition coefficient (Wildman–Crippen LogP) is 4.39. The van der Waals surface area contributed by atoms with Gasteiger partial charge in [0, 0.05) is 18.2 Å². The minimum absolute atomic E-state index is 0.557. The molecule has 0 heterocycles. The zero-order chi connectivity index (χ0) is 13.8. The van der Waals surface area contributed by atoms with E-state index in [9.17, 15) is 0 Å². The van der Waals surface area contributed by atoms with Gasteiger partial charge in [-0.25, -0.2) is 0 Å². The standard InChI is InChI=1S/C15H15Cl2NO/c1-18-9-10-3-5-11(6-4-10)12-7-14(17)15(19-2)8-13(12)16/h3-8,18H,9H2,1-2H3. The van der Waals surface area contributed by atoms with Gasteiger partial charge in [-0.2, -0.15) is 0 Å². The third-order valence-electron chi connectivity index (χ3n) is 2.89. The maximum Gasteiger partial charge on any atom is 0.138 e. The van der Waals surface area contributed by atoms with Crippen molar-refractivity contribution in [3.05, 3.63) is 52.0 Å². The van der Waals surface area contributed by atoms with Crippen LogP contribution in [0.3, 0.4) is 0 Å². The molecule has 2 rings (SSSR count). The SMILES string of the molecule is CNCc1ccc(-c2cc(Cl)c(OC)cc2Cl)cc1. The normalized spacial score (nSPS) is 10.5. The Labute approximate surface area is 123 Å². The number of rotatable bonds is 4. The molecule has 100 valence electrons. The lowest BCUT2D eigenvalue weighted by Gasteiger charge is -2.10. The number of hydrogen-bond donors (Lipinski definition) is 1. The molecule has 19 heavy (non-hydrogen) atoms. The van der Waals surface area contributed by atoms with Crippen molar-refractivity contribution in [2.24, 2.45) is 0 Å². The smallest absolute Gasteiger partial charge is 0.138 e. The van der Waals surface area contributed by atoms with E-state index in [1.807, 2.05) is 25.2 Å². The molecular weight excluding hydrogens is 281 g/mol. The van der Waals surface area contributed by atoms with Gasteiger partial charge in [-0.15, -0.1) is 0 Å². The first-order valence-electron chi connectivity index (χ1n) is 5.92. The third kappa shape index (κ3) is 3.21. The minimum Gasteiger partial charge on any atom is -0.495 e. The summed E-state index contributed by atoms with van der Waals surface area (Å²) in [5, 5.41) is 4.30. The van der Waals surface area contributed by atoms with Crippen molar-refractivity contribution in [3.8, 4) is 16.9 Å². The molecule has 0 unspecified atom stereocenters. The second-order valence-electron chi connectivity index (χ2n) is 4.19. The number of ether oxygens (including phenoxy) is 1. The van der Waals surface area contributed by atoms with Crippen LogP contribution in [0.15, 0.2) is 36.4 Å². The van der Waals surface area contributed by atoms with Gasteiger partial charge in [0.1, 0.15) is 5.75 Å². The zero-order valence-corrected chi connectivity index (χ0v) is 12.3. The molecule has 0 aliphatic rings. The predicted molar refractivity (Wildman–Crippen MR) is 81.2 cm³/mol. The fourth-order valence-corrected chi connectivity index (χ4v) is 2.42. The van der Waals surface area contributed by atoms with Crippen LogP contribution in [0.2, 0.25) is 10.0 Å². The van der Waals surface area contributed by atoms with Crippen molar-refractivity contribution in [1.82, 2.24) is 5.32 Å². The van der Waals surface area contributed by atoms with Crippen LogP contribution in [-0.2, 0) is 6.54 Å². The molecule has 0 atom stereocenters. The summed E-state index contributed by atoms with van der Waals surface area (Å²) >= 11 is 12.4. The second kappa shape index (κ2) is 6.29. The molecule has 4 heteroatoms. The van der Waals surface area contributed by atoms with Crippen molar-refractivity contribution in [2.45, 2.75) is 6.54 Å². The summed E-state index contributed by atoms with van der Waals surface area (Å²) in [4.78, 5) is 0. The maximum absolute atomic E-state index is 6.26. The van der Waals surface area contributed by atoms with E-state index in [2.05, 4.69) is 17.4 Å². The van der Waals surface area contributed by atoms with Gasteiger partial charge >= 0.3 is 0 Å². The van der Waals surface area contributed by atoms with Crippen molar-refractivity contribution in [3.63, 3.8) is 0 Å². The fourth-order valence-electron chi connectivity index (χ4n) is 1.91. The molecule has 0 amide bonds. The van der Waals surface area contributed by atoms with Crippen LogP contribution in [0.1, 0.15) is 5.56 Å². The Bertz CT molecular complexity index is 567. The number of methoxy groups -OCH3 is 1. The van der Waals surface area contributed by atoms with E-state index in [4.69, 9.17) is 27.9 Å². The molecular formula is C15H15Cl2NO. The molecule has 0 aliphatic heterocycles. The molecule has 0 spiro atoms. The number of halogens is 2. The monoisotopic (exact) mass is 295 g/mol. The van der Waals surface area contributed by atoms with Gasteiger partial charge in [-0.1, -0.05) is 47.5 Å².